The Labute approximate surface area is 169 Å². The fourth-order valence-corrected chi connectivity index (χ4v) is 3.25. The van der Waals surface area contributed by atoms with Crippen LogP contribution in [0.5, 0.6) is 5.75 Å². The van der Waals surface area contributed by atoms with E-state index in [4.69, 9.17) is 4.42 Å². The zero-order valence-corrected chi connectivity index (χ0v) is 15.5. The summed E-state index contributed by atoms with van der Waals surface area (Å²) < 4.78 is 5.38. The van der Waals surface area contributed by atoms with E-state index in [1.165, 1.54) is 12.1 Å². The Hall–Kier alpha value is -4.39. The number of imidazole rings is 1. The third-order valence-corrected chi connectivity index (χ3v) is 4.77. The highest BCUT2D eigenvalue weighted by atomic mass is 16.4. The number of carbonyl (C=O) groups excluding carboxylic acids is 1. The SMILES string of the molecule is O=C(Nc1ccc(O)cc1)c1ccc2nc(-c3cc4ccccc4oc3=O)[nH]c2c1. The maximum absolute atomic E-state index is 12.5. The summed E-state index contributed by atoms with van der Waals surface area (Å²) in [5.41, 5.74) is 2.58. The molecule has 0 aliphatic heterocycles. The molecule has 2 aromatic heterocycles. The number of rotatable bonds is 3. The normalized spacial score (nSPS) is 11.1. The Balaban J connectivity index is 1.50. The maximum Gasteiger partial charge on any atom is 0.347 e. The lowest BCUT2D eigenvalue weighted by Gasteiger charge is -2.05. The van der Waals surface area contributed by atoms with E-state index in [1.54, 1.807) is 48.5 Å². The van der Waals surface area contributed by atoms with Crippen molar-refractivity contribution in [1.82, 2.24) is 9.97 Å². The number of carbonyl (C=O) groups is 1. The van der Waals surface area contributed by atoms with Gasteiger partial charge in [0.2, 0.25) is 0 Å². The molecule has 3 N–H and O–H groups in total. The fraction of sp³-hybridized carbons (Fsp3) is 0. The number of H-pyrrole nitrogens is 1. The molecular weight excluding hydrogens is 382 g/mol. The second-order valence-electron chi connectivity index (χ2n) is 6.80. The van der Waals surface area contributed by atoms with Crippen molar-refractivity contribution in [3.05, 3.63) is 88.8 Å². The molecule has 3 aromatic carbocycles. The average molecular weight is 397 g/mol. The van der Waals surface area contributed by atoms with Gasteiger partial charge in [0.15, 0.2) is 0 Å². The average Bonchev–Trinajstić information content (AvgIpc) is 3.18. The largest absolute Gasteiger partial charge is 0.508 e. The van der Waals surface area contributed by atoms with Gasteiger partial charge in [-0.3, -0.25) is 4.79 Å². The van der Waals surface area contributed by atoms with Gasteiger partial charge in [-0.2, -0.15) is 0 Å². The molecule has 0 unspecified atom stereocenters. The number of nitrogens with zero attached hydrogens (tertiary/aromatic N) is 1. The lowest BCUT2D eigenvalue weighted by molar-refractivity contribution is 0.102. The molecule has 0 saturated heterocycles. The highest BCUT2D eigenvalue weighted by Gasteiger charge is 2.14. The van der Waals surface area contributed by atoms with E-state index < -0.39 is 5.63 Å². The summed E-state index contributed by atoms with van der Waals surface area (Å²) in [7, 11) is 0. The predicted molar refractivity (Wildman–Crippen MR) is 114 cm³/mol. The zero-order chi connectivity index (χ0) is 20.7. The fourth-order valence-electron chi connectivity index (χ4n) is 3.25. The van der Waals surface area contributed by atoms with Gasteiger partial charge in [0.1, 0.15) is 22.7 Å². The molecule has 0 saturated carbocycles. The molecule has 0 spiro atoms. The molecule has 0 aliphatic carbocycles. The minimum atomic E-state index is -0.488. The van der Waals surface area contributed by atoms with Crippen LogP contribution >= 0.6 is 0 Å². The Morgan fingerprint density at radius 2 is 1.80 bits per heavy atom. The standard InChI is InChI=1S/C23H15N3O4/c27-16-8-6-15(7-9-16)24-22(28)14-5-10-18-19(12-14)26-21(25-18)17-11-13-3-1-2-4-20(13)30-23(17)29/h1-12,27H,(H,24,28)(H,25,26). The van der Waals surface area contributed by atoms with Crippen LogP contribution in [0, 0.1) is 0 Å². The van der Waals surface area contributed by atoms with Crippen molar-refractivity contribution < 1.29 is 14.3 Å². The Bertz CT molecular complexity index is 1470. The number of fused-ring (bicyclic) bond motifs is 2. The van der Waals surface area contributed by atoms with Crippen LogP contribution in [-0.2, 0) is 0 Å². The number of amides is 1. The minimum Gasteiger partial charge on any atom is -0.508 e. The van der Waals surface area contributed by atoms with Gasteiger partial charge in [0, 0.05) is 16.6 Å². The molecule has 30 heavy (non-hydrogen) atoms. The molecule has 0 fully saturated rings. The van der Waals surface area contributed by atoms with Gasteiger partial charge in [-0.25, -0.2) is 9.78 Å². The monoisotopic (exact) mass is 397 g/mol. The molecule has 5 rings (SSSR count). The van der Waals surface area contributed by atoms with Gasteiger partial charge < -0.3 is 19.8 Å². The number of hydrogen-bond acceptors (Lipinski definition) is 5. The van der Waals surface area contributed by atoms with Crippen LogP contribution in [0.3, 0.4) is 0 Å². The molecule has 0 bridgehead atoms. The number of benzene rings is 3. The van der Waals surface area contributed by atoms with Crippen molar-refractivity contribution in [3.63, 3.8) is 0 Å². The number of aromatic amines is 1. The van der Waals surface area contributed by atoms with E-state index in [0.29, 0.717) is 39.3 Å². The summed E-state index contributed by atoms with van der Waals surface area (Å²) in [5.74, 6) is 0.196. The van der Waals surface area contributed by atoms with E-state index in [1.807, 2.05) is 12.1 Å². The lowest BCUT2D eigenvalue weighted by atomic mass is 10.2. The van der Waals surface area contributed by atoms with Crippen LogP contribution in [0.15, 0.2) is 82.0 Å². The molecule has 7 nitrogen and oxygen atoms in total. The minimum absolute atomic E-state index is 0.123. The van der Waals surface area contributed by atoms with Gasteiger partial charge >= 0.3 is 5.63 Å². The van der Waals surface area contributed by atoms with Crippen LogP contribution in [0.1, 0.15) is 10.4 Å². The van der Waals surface area contributed by atoms with Crippen LogP contribution in [-0.4, -0.2) is 21.0 Å². The van der Waals surface area contributed by atoms with Crippen LogP contribution in [0.25, 0.3) is 33.4 Å². The first-order valence-electron chi connectivity index (χ1n) is 9.20. The van der Waals surface area contributed by atoms with Crippen LogP contribution in [0.2, 0.25) is 0 Å². The first-order valence-corrected chi connectivity index (χ1v) is 9.20. The van der Waals surface area contributed by atoms with Crippen molar-refractivity contribution in [2.45, 2.75) is 0 Å². The maximum atomic E-state index is 12.5. The molecule has 2 heterocycles. The number of anilines is 1. The van der Waals surface area contributed by atoms with Crippen molar-refractivity contribution in [2.75, 3.05) is 5.32 Å². The Kier molecular flexibility index (Phi) is 4.07. The van der Waals surface area contributed by atoms with Gasteiger partial charge in [-0.1, -0.05) is 18.2 Å². The topological polar surface area (TPSA) is 108 Å². The van der Waals surface area contributed by atoms with Crippen molar-refractivity contribution in [3.8, 4) is 17.1 Å². The molecule has 0 atom stereocenters. The van der Waals surface area contributed by atoms with Crippen molar-refractivity contribution in [1.29, 1.82) is 0 Å². The van der Waals surface area contributed by atoms with E-state index in [2.05, 4.69) is 15.3 Å². The van der Waals surface area contributed by atoms with E-state index in [0.717, 1.165) is 5.39 Å². The van der Waals surface area contributed by atoms with Gasteiger partial charge in [0.25, 0.3) is 5.91 Å². The number of hydrogen-bond donors (Lipinski definition) is 3. The second kappa shape index (κ2) is 6.89. The van der Waals surface area contributed by atoms with E-state index in [9.17, 15) is 14.7 Å². The predicted octanol–water partition coefficient (Wildman–Crippen LogP) is 4.29. The smallest absolute Gasteiger partial charge is 0.347 e. The first kappa shape index (κ1) is 17.7. The number of aromatic hydroxyl groups is 1. The first-order chi connectivity index (χ1) is 14.6. The van der Waals surface area contributed by atoms with E-state index in [-0.39, 0.29) is 11.7 Å². The third-order valence-electron chi connectivity index (χ3n) is 4.77. The number of para-hydroxylation sites is 1. The summed E-state index contributed by atoms with van der Waals surface area (Å²) in [5, 5.41) is 12.9. The lowest BCUT2D eigenvalue weighted by Crippen LogP contribution is -2.11. The highest BCUT2D eigenvalue weighted by Crippen LogP contribution is 2.23. The summed E-state index contributed by atoms with van der Waals surface area (Å²) in [6.45, 7) is 0. The molecule has 5 aromatic rings. The van der Waals surface area contributed by atoms with Crippen LogP contribution in [0.4, 0.5) is 5.69 Å². The second-order valence-corrected chi connectivity index (χ2v) is 6.80. The number of phenols is 1. The van der Waals surface area contributed by atoms with Crippen molar-refractivity contribution >= 4 is 33.6 Å². The molecule has 146 valence electrons. The van der Waals surface area contributed by atoms with Crippen LogP contribution < -0.4 is 10.9 Å². The summed E-state index contributed by atoms with van der Waals surface area (Å²) >= 11 is 0. The molecule has 7 heteroatoms. The number of phenolic OH excluding ortho intramolecular Hbond substituents is 1. The number of aromatic nitrogens is 2. The molecular formula is C23H15N3O4. The Morgan fingerprint density at radius 3 is 2.63 bits per heavy atom. The van der Waals surface area contributed by atoms with Gasteiger partial charge in [-0.15, -0.1) is 0 Å². The Morgan fingerprint density at radius 1 is 1.00 bits per heavy atom. The summed E-state index contributed by atoms with van der Waals surface area (Å²) in [6, 6.07) is 20.2. The third kappa shape index (κ3) is 3.18. The summed E-state index contributed by atoms with van der Waals surface area (Å²) in [6.07, 6.45) is 0. The van der Waals surface area contributed by atoms with Crippen molar-refractivity contribution in [2.24, 2.45) is 0 Å². The van der Waals surface area contributed by atoms with Gasteiger partial charge in [-0.05, 0) is 54.6 Å². The van der Waals surface area contributed by atoms with Gasteiger partial charge in [0.05, 0.1) is 11.0 Å². The molecule has 0 aliphatic rings. The quantitative estimate of drug-likeness (QED) is 0.311. The molecule has 0 radical (unpaired) electrons. The molecule has 1 amide bonds. The zero-order valence-electron chi connectivity index (χ0n) is 15.5. The summed E-state index contributed by atoms with van der Waals surface area (Å²) in [4.78, 5) is 32.5. The highest BCUT2D eigenvalue weighted by molar-refractivity contribution is 6.06. The number of nitrogens with one attached hydrogen (secondary N) is 2. The van der Waals surface area contributed by atoms with E-state index >= 15 is 0 Å².